The standard InChI is InChI=1S/C58H110N4O3/c1-4-7-10-13-16-19-22-25-28-31-34-37-40-43-46-49-56(63)59-52-53-62(54-60-57(64)50-47-44-41-38-35-32-29-26-23-20-17-14-11-8-5-2)55-61-58(65)51-48-45-42-39-36-33-30-27-24-21-18-15-12-9-6-3/h25-30H,4-24,31-55H2,1-3H3,(H,59,63)(H,60,64)(H,61,65)/b28-25+,29-26+,30-27+. The molecule has 0 spiro atoms. The molecule has 0 unspecified atom stereocenters. The Kier molecular flexibility index (Phi) is 52.2. The summed E-state index contributed by atoms with van der Waals surface area (Å²) in [7, 11) is 0. The SMILES string of the molecule is CCCCCCCC/C=C/CCCCCCCC(=O)NCCN(CNC(=O)CCCCCCC/C=C/CCCCCCCC)CNC(=O)CCCCCCC/C=C/CCCCCCCC. The maximum absolute atomic E-state index is 12.8. The molecule has 0 saturated carbocycles. The van der Waals surface area contributed by atoms with E-state index in [4.69, 9.17) is 0 Å². The van der Waals surface area contributed by atoms with Gasteiger partial charge in [-0.15, -0.1) is 0 Å². The number of carbonyl (C=O) groups excluding carboxylic acids is 3. The number of hydrogen-bond donors (Lipinski definition) is 3. The van der Waals surface area contributed by atoms with E-state index in [1.165, 1.54) is 199 Å². The summed E-state index contributed by atoms with van der Waals surface area (Å²) in [5, 5.41) is 9.25. The van der Waals surface area contributed by atoms with Crippen molar-refractivity contribution in [1.82, 2.24) is 20.9 Å². The monoisotopic (exact) mass is 911 g/mol. The van der Waals surface area contributed by atoms with Crippen LogP contribution in [0.2, 0.25) is 0 Å². The van der Waals surface area contributed by atoms with Crippen molar-refractivity contribution in [2.45, 2.75) is 290 Å². The van der Waals surface area contributed by atoms with E-state index in [2.05, 4.69) is 73.2 Å². The third-order valence-corrected chi connectivity index (χ3v) is 12.7. The topological polar surface area (TPSA) is 90.5 Å². The fourth-order valence-electron chi connectivity index (χ4n) is 8.30. The Labute approximate surface area is 404 Å². The van der Waals surface area contributed by atoms with Crippen LogP contribution in [0.25, 0.3) is 0 Å². The van der Waals surface area contributed by atoms with E-state index in [0.717, 1.165) is 51.4 Å². The molecule has 3 N–H and O–H groups in total. The molecule has 0 saturated heterocycles. The minimum atomic E-state index is 0.0560. The van der Waals surface area contributed by atoms with Gasteiger partial charge in [0.05, 0.1) is 13.3 Å². The Hall–Kier alpha value is -2.41. The van der Waals surface area contributed by atoms with Gasteiger partial charge in [0.15, 0.2) is 0 Å². The zero-order chi connectivity index (χ0) is 47.2. The molecule has 7 nitrogen and oxygen atoms in total. The Morgan fingerprint density at radius 1 is 0.308 bits per heavy atom. The molecule has 0 rings (SSSR count). The molecule has 0 aromatic carbocycles. The molecule has 0 fully saturated rings. The third kappa shape index (κ3) is 52.4. The number of hydrogen-bond acceptors (Lipinski definition) is 4. The number of allylic oxidation sites excluding steroid dienone is 6. The van der Waals surface area contributed by atoms with Gasteiger partial charge in [-0.1, -0.05) is 211 Å². The predicted molar refractivity (Wildman–Crippen MR) is 284 cm³/mol. The molecular formula is C58H110N4O3. The first-order valence-corrected chi connectivity index (χ1v) is 28.5. The van der Waals surface area contributed by atoms with Crippen molar-refractivity contribution >= 4 is 17.7 Å². The molecule has 0 aliphatic heterocycles. The zero-order valence-corrected chi connectivity index (χ0v) is 43.7. The molecule has 0 aromatic rings. The highest BCUT2D eigenvalue weighted by Gasteiger charge is 2.11. The number of nitrogens with one attached hydrogen (secondary N) is 3. The van der Waals surface area contributed by atoms with Crippen LogP contribution >= 0.6 is 0 Å². The number of unbranched alkanes of at least 4 members (excludes halogenated alkanes) is 33. The summed E-state index contributed by atoms with van der Waals surface area (Å²) in [6.45, 7) is 8.60. The van der Waals surface area contributed by atoms with E-state index < -0.39 is 0 Å². The van der Waals surface area contributed by atoms with Gasteiger partial charge in [-0.3, -0.25) is 19.3 Å². The van der Waals surface area contributed by atoms with Crippen LogP contribution in [0.3, 0.4) is 0 Å². The summed E-state index contributed by atoms with van der Waals surface area (Å²) in [5.41, 5.74) is 0. The second-order valence-electron chi connectivity index (χ2n) is 19.3. The average molecular weight is 912 g/mol. The van der Waals surface area contributed by atoms with Crippen LogP contribution in [-0.2, 0) is 14.4 Å². The third-order valence-electron chi connectivity index (χ3n) is 12.7. The largest absolute Gasteiger partial charge is 0.355 e. The van der Waals surface area contributed by atoms with Crippen molar-refractivity contribution < 1.29 is 14.4 Å². The average Bonchev–Trinajstić information content (AvgIpc) is 3.30. The fourth-order valence-corrected chi connectivity index (χ4v) is 8.30. The molecule has 0 bridgehead atoms. The van der Waals surface area contributed by atoms with Crippen molar-refractivity contribution in [2.24, 2.45) is 0 Å². The Bertz CT molecular complexity index is 1050. The summed E-state index contributed by atoms with van der Waals surface area (Å²) in [4.78, 5) is 40.2. The molecular weight excluding hydrogens is 801 g/mol. The summed E-state index contributed by atoms with van der Waals surface area (Å²) >= 11 is 0. The van der Waals surface area contributed by atoms with E-state index in [0.29, 0.717) is 45.7 Å². The molecule has 0 radical (unpaired) electrons. The predicted octanol–water partition coefficient (Wildman–Crippen LogP) is 16.7. The van der Waals surface area contributed by atoms with Gasteiger partial charge in [0.25, 0.3) is 0 Å². The van der Waals surface area contributed by atoms with Gasteiger partial charge in [0.2, 0.25) is 17.7 Å². The molecule has 7 heteroatoms. The van der Waals surface area contributed by atoms with Crippen LogP contribution < -0.4 is 16.0 Å². The Morgan fingerprint density at radius 2 is 0.538 bits per heavy atom. The lowest BCUT2D eigenvalue weighted by atomic mass is 10.1. The summed E-state index contributed by atoms with van der Waals surface area (Å²) in [6.07, 6.45) is 64.2. The van der Waals surface area contributed by atoms with E-state index in [-0.39, 0.29) is 17.7 Å². The van der Waals surface area contributed by atoms with Gasteiger partial charge in [-0.25, -0.2) is 0 Å². The lowest BCUT2D eigenvalue weighted by Crippen LogP contribution is -2.46. The van der Waals surface area contributed by atoms with Crippen LogP contribution in [0.15, 0.2) is 36.5 Å². The lowest BCUT2D eigenvalue weighted by molar-refractivity contribution is -0.123. The number of rotatable bonds is 52. The van der Waals surface area contributed by atoms with Crippen LogP contribution in [0.1, 0.15) is 290 Å². The van der Waals surface area contributed by atoms with Gasteiger partial charge < -0.3 is 16.0 Å². The highest BCUT2D eigenvalue weighted by Crippen LogP contribution is 2.13. The number of amides is 3. The second-order valence-corrected chi connectivity index (χ2v) is 19.3. The van der Waals surface area contributed by atoms with Gasteiger partial charge in [-0.2, -0.15) is 0 Å². The van der Waals surface area contributed by atoms with Crippen LogP contribution in [0.4, 0.5) is 0 Å². The van der Waals surface area contributed by atoms with Gasteiger partial charge in [0, 0.05) is 32.4 Å². The van der Waals surface area contributed by atoms with Crippen molar-refractivity contribution in [3.63, 3.8) is 0 Å². The van der Waals surface area contributed by atoms with E-state index >= 15 is 0 Å². The fraction of sp³-hybridized carbons (Fsp3) is 0.845. The number of nitrogens with zero attached hydrogens (tertiary/aromatic N) is 1. The normalized spacial score (nSPS) is 11.8. The van der Waals surface area contributed by atoms with Crippen LogP contribution in [0, 0.1) is 0 Å². The summed E-state index contributed by atoms with van der Waals surface area (Å²) in [6, 6.07) is 0. The molecule has 0 aliphatic carbocycles. The quantitative estimate of drug-likeness (QED) is 0.0322. The van der Waals surface area contributed by atoms with Gasteiger partial charge in [0.1, 0.15) is 0 Å². The van der Waals surface area contributed by atoms with Crippen molar-refractivity contribution in [3.05, 3.63) is 36.5 Å². The van der Waals surface area contributed by atoms with Crippen LogP contribution in [0.5, 0.6) is 0 Å². The number of carbonyl (C=O) groups is 3. The lowest BCUT2D eigenvalue weighted by Gasteiger charge is -2.23. The zero-order valence-electron chi connectivity index (χ0n) is 43.7. The van der Waals surface area contributed by atoms with E-state index in [9.17, 15) is 14.4 Å². The maximum atomic E-state index is 12.8. The highest BCUT2D eigenvalue weighted by molar-refractivity contribution is 5.76. The molecule has 0 aliphatic rings. The molecule has 65 heavy (non-hydrogen) atoms. The smallest absolute Gasteiger partial charge is 0.220 e. The van der Waals surface area contributed by atoms with E-state index in [1.54, 1.807) is 0 Å². The highest BCUT2D eigenvalue weighted by atomic mass is 16.2. The molecule has 3 amide bonds. The molecule has 380 valence electrons. The van der Waals surface area contributed by atoms with Crippen molar-refractivity contribution in [1.29, 1.82) is 0 Å². The Morgan fingerprint density at radius 3 is 0.815 bits per heavy atom. The van der Waals surface area contributed by atoms with Crippen molar-refractivity contribution in [2.75, 3.05) is 26.4 Å². The Balaban J connectivity index is 4.37. The van der Waals surface area contributed by atoms with Crippen LogP contribution in [-0.4, -0.2) is 49.0 Å². The van der Waals surface area contributed by atoms with Crippen molar-refractivity contribution in [3.8, 4) is 0 Å². The summed E-state index contributed by atoms with van der Waals surface area (Å²) in [5.74, 6) is 0.199. The minimum absolute atomic E-state index is 0.0560. The summed E-state index contributed by atoms with van der Waals surface area (Å²) < 4.78 is 0. The molecule has 0 aromatic heterocycles. The minimum Gasteiger partial charge on any atom is -0.355 e. The van der Waals surface area contributed by atoms with Gasteiger partial charge >= 0.3 is 0 Å². The first-order valence-electron chi connectivity index (χ1n) is 28.5. The van der Waals surface area contributed by atoms with Gasteiger partial charge in [-0.05, 0) is 96.3 Å². The maximum Gasteiger partial charge on any atom is 0.220 e. The van der Waals surface area contributed by atoms with E-state index in [1.807, 2.05) is 4.90 Å². The first-order chi connectivity index (χ1) is 32.0. The molecule has 0 atom stereocenters. The second kappa shape index (κ2) is 54.2. The molecule has 0 heterocycles. The first kappa shape index (κ1) is 62.6.